The predicted octanol–water partition coefficient (Wildman–Crippen LogP) is 0.283. The summed E-state index contributed by atoms with van der Waals surface area (Å²) in [5, 5.41) is 2.07. The van der Waals surface area contributed by atoms with Crippen molar-refractivity contribution >= 4 is 17.2 Å². The molecule has 1 fully saturated rings. The number of carbonyl (C=O) groups excluding carboxylic acids is 1. The Morgan fingerprint density at radius 3 is 2.75 bits per heavy atom. The molecular formula is C14H24N4OS. The largest absolute Gasteiger partial charge is 0.339 e. The van der Waals surface area contributed by atoms with Gasteiger partial charge in [0.1, 0.15) is 0 Å². The highest BCUT2D eigenvalue weighted by atomic mass is 32.1. The van der Waals surface area contributed by atoms with Gasteiger partial charge in [0.2, 0.25) is 5.91 Å². The molecule has 2 N–H and O–H groups in total. The molecule has 2 rings (SSSR count). The van der Waals surface area contributed by atoms with Crippen LogP contribution in [0.25, 0.3) is 0 Å². The lowest BCUT2D eigenvalue weighted by atomic mass is 10.3. The minimum Gasteiger partial charge on any atom is -0.339 e. The number of rotatable bonds is 6. The highest BCUT2D eigenvalue weighted by Crippen LogP contribution is 2.11. The van der Waals surface area contributed by atoms with Gasteiger partial charge in [-0.2, -0.15) is 0 Å². The third-order valence-corrected chi connectivity index (χ3v) is 4.44. The zero-order valence-electron chi connectivity index (χ0n) is 12.1. The van der Waals surface area contributed by atoms with Crippen LogP contribution in [0.4, 0.5) is 0 Å². The summed E-state index contributed by atoms with van der Waals surface area (Å²) in [5.41, 5.74) is 5.56. The maximum atomic E-state index is 12.2. The van der Waals surface area contributed by atoms with Gasteiger partial charge in [-0.25, -0.2) is 0 Å². The molecule has 2 heterocycles. The molecule has 0 unspecified atom stereocenters. The summed E-state index contributed by atoms with van der Waals surface area (Å²) in [7, 11) is 2.00. The third kappa shape index (κ3) is 4.56. The summed E-state index contributed by atoms with van der Waals surface area (Å²) in [6, 6.07) is 4.16. The molecule has 1 saturated heterocycles. The Hall–Kier alpha value is -0.950. The van der Waals surface area contributed by atoms with Crippen molar-refractivity contribution in [2.24, 2.45) is 5.73 Å². The maximum absolute atomic E-state index is 12.2. The van der Waals surface area contributed by atoms with Crippen LogP contribution in [0.2, 0.25) is 0 Å². The average molecular weight is 296 g/mol. The fourth-order valence-corrected chi connectivity index (χ4v) is 3.24. The molecule has 1 amide bonds. The number of hydrogen-bond acceptors (Lipinski definition) is 5. The van der Waals surface area contributed by atoms with Crippen LogP contribution in [-0.2, 0) is 11.3 Å². The van der Waals surface area contributed by atoms with Crippen LogP contribution in [0.1, 0.15) is 4.88 Å². The van der Waals surface area contributed by atoms with Crippen molar-refractivity contribution in [1.29, 1.82) is 0 Å². The number of amides is 1. The van der Waals surface area contributed by atoms with Crippen LogP contribution >= 0.6 is 11.3 Å². The number of carbonyl (C=O) groups is 1. The smallest absolute Gasteiger partial charge is 0.236 e. The summed E-state index contributed by atoms with van der Waals surface area (Å²) < 4.78 is 0. The van der Waals surface area contributed by atoms with Crippen molar-refractivity contribution in [1.82, 2.24) is 14.7 Å². The minimum atomic E-state index is 0.233. The van der Waals surface area contributed by atoms with Crippen molar-refractivity contribution in [3.63, 3.8) is 0 Å². The van der Waals surface area contributed by atoms with Gasteiger partial charge in [-0.3, -0.25) is 14.6 Å². The molecule has 0 spiro atoms. The quantitative estimate of drug-likeness (QED) is 0.819. The maximum Gasteiger partial charge on any atom is 0.236 e. The number of likely N-dealkylation sites (N-methyl/N-ethyl adjacent to an activating group) is 1. The van der Waals surface area contributed by atoms with Crippen molar-refractivity contribution in [3.8, 4) is 0 Å². The van der Waals surface area contributed by atoms with E-state index in [1.165, 1.54) is 4.88 Å². The van der Waals surface area contributed by atoms with E-state index in [4.69, 9.17) is 5.73 Å². The van der Waals surface area contributed by atoms with Gasteiger partial charge >= 0.3 is 0 Å². The normalized spacial score (nSPS) is 16.9. The van der Waals surface area contributed by atoms with E-state index < -0.39 is 0 Å². The first-order valence-electron chi connectivity index (χ1n) is 7.10. The van der Waals surface area contributed by atoms with E-state index in [9.17, 15) is 4.79 Å². The number of thiophene rings is 1. The van der Waals surface area contributed by atoms with Crippen LogP contribution in [-0.4, -0.2) is 73.5 Å². The lowest BCUT2D eigenvalue weighted by Crippen LogP contribution is -2.51. The Kier molecular flexibility index (Phi) is 5.97. The Morgan fingerprint density at radius 1 is 1.40 bits per heavy atom. The third-order valence-electron chi connectivity index (χ3n) is 3.58. The van der Waals surface area contributed by atoms with Gasteiger partial charge < -0.3 is 10.6 Å². The summed E-state index contributed by atoms with van der Waals surface area (Å²) in [4.78, 5) is 19.9. The van der Waals surface area contributed by atoms with Crippen LogP contribution < -0.4 is 5.73 Å². The summed E-state index contributed by atoms with van der Waals surface area (Å²) in [6.07, 6.45) is 0. The van der Waals surface area contributed by atoms with Gasteiger partial charge in [0.05, 0.1) is 6.54 Å². The SMILES string of the molecule is CN(CC(=O)N1CCN(CCN)CC1)Cc1cccs1. The first-order valence-corrected chi connectivity index (χ1v) is 7.98. The first-order chi connectivity index (χ1) is 9.69. The van der Waals surface area contributed by atoms with Crippen molar-refractivity contribution in [2.75, 3.05) is 52.9 Å². The molecule has 0 bridgehead atoms. The molecule has 6 heteroatoms. The number of piperazine rings is 1. The Labute approximate surface area is 124 Å². The molecule has 0 aliphatic carbocycles. The Morgan fingerprint density at radius 2 is 2.15 bits per heavy atom. The monoisotopic (exact) mass is 296 g/mol. The van der Waals surface area contributed by atoms with E-state index in [1.807, 2.05) is 18.0 Å². The van der Waals surface area contributed by atoms with E-state index >= 15 is 0 Å². The lowest BCUT2D eigenvalue weighted by molar-refractivity contribution is -0.133. The molecule has 20 heavy (non-hydrogen) atoms. The number of nitrogens with two attached hydrogens (primary N) is 1. The molecule has 112 valence electrons. The summed E-state index contributed by atoms with van der Waals surface area (Å²) in [5.74, 6) is 0.233. The standard InChI is InChI=1S/C14H24N4OS/c1-16(11-13-3-2-10-20-13)12-14(19)18-8-6-17(5-4-15)7-9-18/h2-3,10H,4-9,11-12,15H2,1H3. The Balaban J connectivity index is 1.72. The second-order valence-corrected chi connectivity index (χ2v) is 6.30. The lowest BCUT2D eigenvalue weighted by Gasteiger charge is -2.35. The van der Waals surface area contributed by atoms with E-state index in [0.29, 0.717) is 13.1 Å². The topological polar surface area (TPSA) is 52.8 Å². The van der Waals surface area contributed by atoms with Gasteiger partial charge in [-0.15, -0.1) is 11.3 Å². The highest BCUT2D eigenvalue weighted by Gasteiger charge is 2.21. The number of hydrogen-bond donors (Lipinski definition) is 1. The zero-order chi connectivity index (χ0) is 14.4. The van der Waals surface area contributed by atoms with Crippen molar-refractivity contribution in [3.05, 3.63) is 22.4 Å². The van der Waals surface area contributed by atoms with Crippen LogP contribution in [0, 0.1) is 0 Å². The van der Waals surface area contributed by atoms with E-state index in [2.05, 4.69) is 21.2 Å². The highest BCUT2D eigenvalue weighted by molar-refractivity contribution is 7.09. The fraction of sp³-hybridized carbons (Fsp3) is 0.643. The van der Waals surface area contributed by atoms with Gasteiger partial charge in [0.15, 0.2) is 0 Å². The molecule has 1 aromatic rings. The van der Waals surface area contributed by atoms with E-state index in [1.54, 1.807) is 11.3 Å². The predicted molar refractivity (Wildman–Crippen MR) is 82.7 cm³/mol. The minimum absolute atomic E-state index is 0.233. The average Bonchev–Trinajstić information content (AvgIpc) is 2.92. The van der Waals surface area contributed by atoms with Crippen LogP contribution in [0.3, 0.4) is 0 Å². The van der Waals surface area contributed by atoms with Gasteiger partial charge in [0, 0.05) is 50.7 Å². The molecule has 0 aromatic carbocycles. The second-order valence-electron chi connectivity index (χ2n) is 5.26. The van der Waals surface area contributed by atoms with Crippen molar-refractivity contribution < 1.29 is 4.79 Å². The molecule has 1 aliphatic heterocycles. The zero-order valence-corrected chi connectivity index (χ0v) is 12.9. The first kappa shape index (κ1) is 15.4. The molecule has 0 atom stereocenters. The fourth-order valence-electron chi connectivity index (χ4n) is 2.46. The molecule has 5 nitrogen and oxygen atoms in total. The number of nitrogens with zero attached hydrogens (tertiary/aromatic N) is 3. The molecule has 0 radical (unpaired) electrons. The second kappa shape index (κ2) is 7.73. The van der Waals surface area contributed by atoms with Crippen LogP contribution in [0.15, 0.2) is 17.5 Å². The molecule has 1 aliphatic rings. The van der Waals surface area contributed by atoms with Gasteiger partial charge in [0.25, 0.3) is 0 Å². The van der Waals surface area contributed by atoms with E-state index in [0.717, 1.165) is 39.3 Å². The van der Waals surface area contributed by atoms with Crippen LogP contribution in [0.5, 0.6) is 0 Å². The van der Waals surface area contributed by atoms with Gasteiger partial charge in [-0.05, 0) is 18.5 Å². The molecular weight excluding hydrogens is 272 g/mol. The van der Waals surface area contributed by atoms with Gasteiger partial charge in [-0.1, -0.05) is 6.07 Å². The molecule has 0 saturated carbocycles. The Bertz CT molecular complexity index is 401. The summed E-state index contributed by atoms with van der Waals surface area (Å²) >= 11 is 1.73. The van der Waals surface area contributed by atoms with Crippen molar-refractivity contribution in [2.45, 2.75) is 6.54 Å². The molecule has 1 aromatic heterocycles. The van der Waals surface area contributed by atoms with E-state index in [-0.39, 0.29) is 5.91 Å². The summed E-state index contributed by atoms with van der Waals surface area (Å²) in [6.45, 7) is 6.50.